The number of aromatic nitrogens is 2. The Morgan fingerprint density at radius 2 is 2.15 bits per heavy atom. The molecule has 0 radical (unpaired) electrons. The van der Waals surface area contributed by atoms with E-state index in [2.05, 4.69) is 15.0 Å². The summed E-state index contributed by atoms with van der Waals surface area (Å²) < 4.78 is 9.64. The molecule has 2 aromatic carbocycles. The predicted molar refractivity (Wildman–Crippen MR) is 98.4 cm³/mol. The Balaban J connectivity index is 1.73. The highest BCUT2D eigenvalue weighted by Crippen LogP contribution is 2.29. The van der Waals surface area contributed by atoms with Gasteiger partial charge in [0.25, 0.3) is 5.69 Å². The normalized spacial score (nSPS) is 10.5. The van der Waals surface area contributed by atoms with Crippen LogP contribution in [0.25, 0.3) is 11.0 Å². The Kier molecular flexibility index (Phi) is 4.94. The number of rotatable bonds is 5. The molecule has 0 aliphatic heterocycles. The van der Waals surface area contributed by atoms with Crippen molar-refractivity contribution in [2.24, 2.45) is 7.05 Å². The van der Waals surface area contributed by atoms with Gasteiger partial charge < -0.3 is 14.6 Å². The van der Waals surface area contributed by atoms with Crippen LogP contribution < -0.4 is 14.8 Å². The van der Waals surface area contributed by atoms with Crippen LogP contribution in [0.1, 0.15) is 0 Å². The number of imidazole rings is 1. The van der Waals surface area contributed by atoms with Gasteiger partial charge in [0.05, 0.1) is 34.5 Å². The number of carbonyl (C=O) groups is 1. The average molecular weight is 373 g/mol. The van der Waals surface area contributed by atoms with Crippen molar-refractivity contribution >= 4 is 40.4 Å². The largest absolute Gasteiger partial charge is 0.495 e. The van der Waals surface area contributed by atoms with Crippen molar-refractivity contribution in [3.63, 3.8) is 0 Å². The molecule has 3 aromatic rings. The fraction of sp³-hybridized carbons (Fsp3) is 0.125. The number of nitro benzene ring substituents is 1. The molecule has 0 aliphatic carbocycles. The summed E-state index contributed by atoms with van der Waals surface area (Å²) in [5.74, 6) is 0.322. The number of urea groups is 1. The van der Waals surface area contributed by atoms with Crippen LogP contribution in [0.15, 0.2) is 47.6 Å². The summed E-state index contributed by atoms with van der Waals surface area (Å²) in [5.41, 5.74) is 1.77. The minimum Gasteiger partial charge on any atom is -0.495 e. The maximum Gasteiger partial charge on any atom is 0.329 e. The first-order chi connectivity index (χ1) is 12.5. The quantitative estimate of drug-likeness (QED) is 0.403. The molecule has 0 unspecified atom stereocenters. The van der Waals surface area contributed by atoms with Crippen LogP contribution in [0.5, 0.6) is 5.75 Å². The number of amides is 2. The molecule has 3 rings (SSSR count). The highest BCUT2D eigenvalue weighted by molar-refractivity contribution is 7.98. The monoisotopic (exact) mass is 373 g/mol. The number of nitrogens with zero attached hydrogens (tertiary/aromatic N) is 3. The number of anilines is 1. The van der Waals surface area contributed by atoms with Crippen LogP contribution in [0.2, 0.25) is 0 Å². The second-order valence-electron chi connectivity index (χ2n) is 5.28. The third-order valence-corrected chi connectivity index (χ3v) is 4.45. The molecule has 0 saturated carbocycles. The van der Waals surface area contributed by atoms with Crippen molar-refractivity contribution < 1.29 is 14.5 Å². The van der Waals surface area contributed by atoms with Crippen molar-refractivity contribution in [3.05, 3.63) is 52.8 Å². The van der Waals surface area contributed by atoms with E-state index in [9.17, 15) is 14.9 Å². The number of nitro groups is 1. The molecule has 1 heterocycles. The fourth-order valence-electron chi connectivity index (χ4n) is 2.37. The second kappa shape index (κ2) is 7.31. The Morgan fingerprint density at radius 3 is 2.88 bits per heavy atom. The first kappa shape index (κ1) is 17.5. The van der Waals surface area contributed by atoms with Crippen molar-refractivity contribution in [2.75, 3.05) is 12.4 Å². The lowest BCUT2D eigenvalue weighted by Gasteiger charge is -2.10. The summed E-state index contributed by atoms with van der Waals surface area (Å²) in [4.78, 5) is 27.6. The first-order valence-corrected chi connectivity index (χ1v) is 8.27. The maximum atomic E-state index is 12.2. The Bertz CT molecular complexity index is 988. The van der Waals surface area contributed by atoms with Crippen LogP contribution in [-0.2, 0) is 7.05 Å². The number of hydrogen-bond donors (Lipinski definition) is 2. The van der Waals surface area contributed by atoms with Gasteiger partial charge in [-0.1, -0.05) is 6.07 Å². The zero-order valence-electron chi connectivity index (χ0n) is 13.9. The number of carbonyl (C=O) groups excluding carboxylic acids is 1. The Hall–Kier alpha value is -3.27. The highest BCUT2D eigenvalue weighted by Gasteiger charge is 2.14. The van der Waals surface area contributed by atoms with Crippen LogP contribution in [0, 0.1) is 10.1 Å². The number of benzene rings is 2. The molecule has 0 fully saturated rings. The highest BCUT2D eigenvalue weighted by atomic mass is 32.2. The molecule has 0 aliphatic rings. The van der Waals surface area contributed by atoms with Crippen molar-refractivity contribution in [3.8, 4) is 5.75 Å². The van der Waals surface area contributed by atoms with E-state index < -0.39 is 11.0 Å². The predicted octanol–water partition coefficient (Wildman–Crippen LogP) is 3.32. The van der Waals surface area contributed by atoms with Gasteiger partial charge in [0.2, 0.25) is 0 Å². The van der Waals surface area contributed by atoms with E-state index in [4.69, 9.17) is 4.74 Å². The number of nitrogens with one attached hydrogen (secondary N) is 2. The zero-order valence-corrected chi connectivity index (χ0v) is 14.7. The molecular formula is C16H15N5O4S. The molecule has 0 spiro atoms. The molecular weight excluding hydrogens is 358 g/mol. The number of hydrogen-bond acceptors (Lipinski definition) is 6. The number of para-hydroxylation sites is 1. The summed E-state index contributed by atoms with van der Waals surface area (Å²) in [7, 11) is 3.30. The van der Waals surface area contributed by atoms with Crippen LogP contribution >= 0.6 is 11.9 Å². The smallest absolute Gasteiger partial charge is 0.329 e. The molecule has 10 heteroatoms. The number of ether oxygens (including phenoxy) is 1. The molecule has 1 aromatic heterocycles. The van der Waals surface area contributed by atoms with E-state index in [1.54, 1.807) is 6.33 Å². The first-order valence-electron chi connectivity index (χ1n) is 7.46. The number of methoxy groups -OCH3 is 1. The van der Waals surface area contributed by atoms with Gasteiger partial charge in [-0.2, -0.15) is 0 Å². The van der Waals surface area contributed by atoms with Crippen molar-refractivity contribution in [1.82, 2.24) is 14.3 Å². The van der Waals surface area contributed by atoms with E-state index in [1.165, 1.54) is 25.3 Å². The fourth-order valence-corrected chi connectivity index (χ4v) is 3.02. The number of non-ortho nitro benzene ring substituents is 1. The van der Waals surface area contributed by atoms with E-state index in [0.717, 1.165) is 27.9 Å². The van der Waals surface area contributed by atoms with E-state index in [-0.39, 0.29) is 11.4 Å². The summed E-state index contributed by atoms with van der Waals surface area (Å²) in [6.07, 6.45) is 1.70. The van der Waals surface area contributed by atoms with Gasteiger partial charge in [0.1, 0.15) is 11.3 Å². The Labute approximate surface area is 152 Å². The zero-order chi connectivity index (χ0) is 18.7. The SMILES string of the molecule is COc1ccc([N+](=O)[O-])cc1NC(=O)NSc1cccc2c1ncn2C. The molecule has 0 atom stereocenters. The van der Waals surface area contributed by atoms with Crippen molar-refractivity contribution in [1.29, 1.82) is 0 Å². The molecule has 9 nitrogen and oxygen atoms in total. The number of fused-ring (bicyclic) bond motifs is 1. The minimum absolute atomic E-state index is 0.146. The molecule has 134 valence electrons. The van der Waals surface area contributed by atoms with E-state index in [0.29, 0.717) is 5.75 Å². The van der Waals surface area contributed by atoms with Gasteiger partial charge in [0.15, 0.2) is 0 Å². The lowest BCUT2D eigenvalue weighted by atomic mass is 10.2. The lowest BCUT2D eigenvalue weighted by molar-refractivity contribution is -0.384. The number of aryl methyl sites for hydroxylation is 1. The van der Waals surface area contributed by atoms with E-state index in [1.807, 2.05) is 29.8 Å². The standard InChI is InChI=1S/C16H15N5O4S/c1-20-9-17-15-12(20)4-3-5-14(15)26-19-16(22)18-11-8-10(21(23)24)6-7-13(11)25-2/h3-9H,1-2H3,(H2,18,19,22). The molecule has 2 amide bonds. The molecule has 0 bridgehead atoms. The van der Waals surface area contributed by atoms with Crippen LogP contribution in [0.4, 0.5) is 16.2 Å². The topological polar surface area (TPSA) is 111 Å². The molecule has 26 heavy (non-hydrogen) atoms. The van der Waals surface area contributed by atoms with Gasteiger partial charge in [0, 0.05) is 19.2 Å². The van der Waals surface area contributed by atoms with Gasteiger partial charge in [-0.15, -0.1) is 0 Å². The van der Waals surface area contributed by atoms with Gasteiger partial charge in [-0.25, -0.2) is 9.78 Å². The van der Waals surface area contributed by atoms with Gasteiger partial charge in [-0.3, -0.25) is 14.8 Å². The van der Waals surface area contributed by atoms with Gasteiger partial charge in [-0.05, 0) is 30.1 Å². The van der Waals surface area contributed by atoms with Crippen LogP contribution in [-0.4, -0.2) is 27.6 Å². The molecule has 2 N–H and O–H groups in total. The summed E-state index contributed by atoms with van der Waals surface area (Å²) in [6.45, 7) is 0. The van der Waals surface area contributed by atoms with Gasteiger partial charge >= 0.3 is 6.03 Å². The summed E-state index contributed by atoms with van der Waals surface area (Å²) in [6, 6.07) is 9.07. The van der Waals surface area contributed by atoms with E-state index >= 15 is 0 Å². The third kappa shape index (κ3) is 3.54. The second-order valence-corrected chi connectivity index (χ2v) is 6.13. The minimum atomic E-state index is -0.543. The van der Waals surface area contributed by atoms with Crippen LogP contribution in [0.3, 0.4) is 0 Å². The Morgan fingerprint density at radius 1 is 1.35 bits per heavy atom. The lowest BCUT2D eigenvalue weighted by Crippen LogP contribution is -2.23. The molecule has 0 saturated heterocycles. The van der Waals surface area contributed by atoms with Crippen molar-refractivity contribution in [2.45, 2.75) is 4.90 Å². The average Bonchev–Trinajstić information content (AvgIpc) is 3.01. The third-order valence-electron chi connectivity index (χ3n) is 3.61. The maximum absolute atomic E-state index is 12.2. The summed E-state index contributed by atoms with van der Waals surface area (Å²) in [5, 5.41) is 13.5. The summed E-state index contributed by atoms with van der Waals surface area (Å²) >= 11 is 1.10.